The molecule has 2 heteroatoms. The lowest BCUT2D eigenvalue weighted by molar-refractivity contribution is 1.16. The molecule has 5 rings (SSSR count). The standard InChI is InChI=1S/C26H24BN/c1-17-6-11-22(12-7-17)28-20(4)23-13-10-21-9-5-18(2)15-24(21)27(23)25-16-19(3)8-14-26(25)28/h5-9,11-16H,4,10H2,1-3H3. The van der Waals surface area contributed by atoms with Crippen LogP contribution in [0.1, 0.15) is 22.3 Å². The molecule has 0 amide bonds. The van der Waals surface area contributed by atoms with Crippen LogP contribution in [0.4, 0.5) is 11.4 Å². The molecule has 2 heterocycles. The van der Waals surface area contributed by atoms with Crippen molar-refractivity contribution in [1.29, 1.82) is 0 Å². The van der Waals surface area contributed by atoms with Crippen LogP contribution in [0.3, 0.4) is 0 Å². The summed E-state index contributed by atoms with van der Waals surface area (Å²) in [5.41, 5.74) is 13.0. The van der Waals surface area contributed by atoms with E-state index in [-0.39, 0.29) is 6.71 Å². The van der Waals surface area contributed by atoms with Gasteiger partial charge in [-0.15, -0.1) is 0 Å². The molecule has 0 spiro atoms. The topological polar surface area (TPSA) is 3.24 Å². The minimum absolute atomic E-state index is 0.271. The lowest BCUT2D eigenvalue weighted by atomic mass is 9.32. The maximum atomic E-state index is 4.55. The van der Waals surface area contributed by atoms with Gasteiger partial charge in [0.05, 0.1) is 0 Å². The molecular weight excluding hydrogens is 337 g/mol. The Kier molecular flexibility index (Phi) is 3.84. The van der Waals surface area contributed by atoms with Gasteiger partial charge in [0.25, 0.3) is 0 Å². The molecule has 0 atom stereocenters. The number of fused-ring (bicyclic) bond motifs is 5. The molecule has 0 N–H and O–H groups in total. The number of hydrogen-bond acceptors (Lipinski definition) is 1. The van der Waals surface area contributed by atoms with Crippen LogP contribution < -0.4 is 15.8 Å². The van der Waals surface area contributed by atoms with Gasteiger partial charge in [-0.1, -0.05) is 77.3 Å². The van der Waals surface area contributed by atoms with Gasteiger partial charge >= 0.3 is 0 Å². The van der Waals surface area contributed by atoms with Gasteiger partial charge in [0, 0.05) is 17.1 Å². The maximum absolute atomic E-state index is 4.55. The van der Waals surface area contributed by atoms with Crippen LogP contribution >= 0.6 is 0 Å². The predicted molar refractivity (Wildman–Crippen MR) is 122 cm³/mol. The molecule has 0 aliphatic carbocycles. The summed E-state index contributed by atoms with van der Waals surface area (Å²) in [7, 11) is 0. The van der Waals surface area contributed by atoms with Crippen LogP contribution in [0.5, 0.6) is 0 Å². The van der Waals surface area contributed by atoms with Crippen molar-refractivity contribution in [2.45, 2.75) is 27.2 Å². The van der Waals surface area contributed by atoms with Gasteiger partial charge in [0.1, 0.15) is 0 Å². The smallest absolute Gasteiger partial charge is 0.246 e. The van der Waals surface area contributed by atoms with Crippen LogP contribution in [0.2, 0.25) is 0 Å². The summed E-state index contributed by atoms with van der Waals surface area (Å²) in [4.78, 5) is 2.33. The number of nitrogens with zero attached hydrogens (tertiary/aromatic N) is 1. The highest BCUT2D eigenvalue weighted by molar-refractivity contribution is 6.93. The van der Waals surface area contributed by atoms with Gasteiger partial charge < -0.3 is 4.90 Å². The van der Waals surface area contributed by atoms with E-state index in [4.69, 9.17) is 0 Å². The summed E-state index contributed by atoms with van der Waals surface area (Å²) >= 11 is 0. The lowest BCUT2D eigenvalue weighted by Gasteiger charge is -2.40. The third-order valence-electron chi connectivity index (χ3n) is 6.10. The van der Waals surface area contributed by atoms with Crippen LogP contribution in [0.25, 0.3) is 0 Å². The van der Waals surface area contributed by atoms with E-state index in [0.717, 1.165) is 12.1 Å². The second-order valence-electron chi connectivity index (χ2n) is 8.18. The number of aryl methyl sites for hydroxylation is 3. The molecule has 0 saturated carbocycles. The number of anilines is 2. The monoisotopic (exact) mass is 361 g/mol. The van der Waals surface area contributed by atoms with Crippen molar-refractivity contribution in [3.05, 3.63) is 107 Å². The average Bonchev–Trinajstić information content (AvgIpc) is 2.69. The molecule has 3 aromatic carbocycles. The van der Waals surface area contributed by atoms with Gasteiger partial charge in [-0.25, -0.2) is 0 Å². The molecule has 0 fully saturated rings. The molecule has 0 aromatic heterocycles. The summed E-state index contributed by atoms with van der Waals surface area (Å²) < 4.78 is 0. The molecule has 2 aliphatic rings. The molecule has 2 aliphatic heterocycles. The molecule has 0 saturated heterocycles. The first-order chi connectivity index (χ1) is 13.5. The number of allylic oxidation sites excluding steroid dienone is 2. The summed E-state index contributed by atoms with van der Waals surface area (Å²) in [6.45, 7) is 11.3. The third-order valence-corrected chi connectivity index (χ3v) is 6.10. The van der Waals surface area contributed by atoms with Crippen molar-refractivity contribution in [3.63, 3.8) is 0 Å². The molecule has 136 valence electrons. The molecule has 0 bridgehead atoms. The largest absolute Gasteiger partial charge is 0.312 e. The summed E-state index contributed by atoms with van der Waals surface area (Å²) in [5.74, 6) is 0. The van der Waals surface area contributed by atoms with Crippen LogP contribution in [0.15, 0.2) is 84.5 Å². The van der Waals surface area contributed by atoms with Gasteiger partial charge in [-0.3, -0.25) is 0 Å². The van der Waals surface area contributed by atoms with Crippen LogP contribution in [0, 0.1) is 20.8 Å². The van der Waals surface area contributed by atoms with E-state index in [9.17, 15) is 0 Å². The van der Waals surface area contributed by atoms with E-state index in [0.29, 0.717) is 0 Å². The predicted octanol–water partition coefficient (Wildman–Crippen LogP) is 4.91. The van der Waals surface area contributed by atoms with Crippen molar-refractivity contribution < 1.29 is 0 Å². The van der Waals surface area contributed by atoms with Crippen molar-refractivity contribution >= 4 is 29.0 Å². The van der Waals surface area contributed by atoms with Gasteiger partial charge in [-0.2, -0.15) is 0 Å². The van der Waals surface area contributed by atoms with Gasteiger partial charge in [-0.05, 0) is 61.9 Å². The summed E-state index contributed by atoms with van der Waals surface area (Å²) in [6, 6.07) is 22.5. The summed E-state index contributed by atoms with van der Waals surface area (Å²) in [5, 5.41) is 0. The van der Waals surface area contributed by atoms with Crippen molar-refractivity contribution in [1.82, 2.24) is 0 Å². The number of benzene rings is 3. The number of rotatable bonds is 1. The van der Waals surface area contributed by atoms with E-state index in [1.165, 1.54) is 50.0 Å². The Hall–Kier alpha value is -3.00. The lowest BCUT2D eigenvalue weighted by Crippen LogP contribution is -2.54. The highest BCUT2D eigenvalue weighted by atomic mass is 15.2. The Labute approximate surface area is 168 Å². The van der Waals surface area contributed by atoms with E-state index >= 15 is 0 Å². The first-order valence-electron chi connectivity index (χ1n) is 9.99. The molecular formula is C26H24BN. The zero-order chi connectivity index (χ0) is 19.4. The van der Waals surface area contributed by atoms with Gasteiger partial charge in [0.2, 0.25) is 6.71 Å². The molecule has 0 radical (unpaired) electrons. The Balaban J connectivity index is 1.76. The SMILES string of the molecule is C=C1C2=CCc3ccc(C)cc3B2c2cc(C)ccc2N1c1ccc(C)cc1. The molecule has 0 unspecified atom stereocenters. The average molecular weight is 361 g/mol. The minimum atomic E-state index is 0.271. The molecule has 3 aromatic rings. The van der Waals surface area contributed by atoms with Crippen molar-refractivity contribution in [3.8, 4) is 0 Å². The first kappa shape index (κ1) is 17.1. The number of hydrogen-bond donors (Lipinski definition) is 0. The molecule has 28 heavy (non-hydrogen) atoms. The van der Waals surface area contributed by atoms with E-state index in [1.54, 1.807) is 0 Å². The van der Waals surface area contributed by atoms with Crippen molar-refractivity contribution in [2.75, 3.05) is 4.90 Å². The minimum Gasteiger partial charge on any atom is -0.312 e. The second-order valence-corrected chi connectivity index (χ2v) is 8.18. The zero-order valence-corrected chi connectivity index (χ0v) is 16.8. The highest BCUT2D eigenvalue weighted by Crippen LogP contribution is 2.38. The quantitative estimate of drug-likeness (QED) is 0.557. The Morgan fingerprint density at radius 1 is 0.786 bits per heavy atom. The fourth-order valence-corrected chi connectivity index (χ4v) is 4.67. The first-order valence-corrected chi connectivity index (χ1v) is 9.99. The van der Waals surface area contributed by atoms with E-state index in [2.05, 4.69) is 99.0 Å². The maximum Gasteiger partial charge on any atom is 0.246 e. The van der Waals surface area contributed by atoms with Crippen LogP contribution in [-0.4, -0.2) is 6.71 Å². The Bertz CT molecular complexity index is 1140. The fourth-order valence-electron chi connectivity index (χ4n) is 4.67. The van der Waals surface area contributed by atoms with Crippen molar-refractivity contribution in [2.24, 2.45) is 0 Å². The Morgan fingerprint density at radius 2 is 1.43 bits per heavy atom. The normalized spacial score (nSPS) is 15.0. The second kappa shape index (κ2) is 6.27. The fraction of sp³-hybridized carbons (Fsp3) is 0.154. The third kappa shape index (κ3) is 2.56. The van der Waals surface area contributed by atoms with Crippen LogP contribution in [-0.2, 0) is 6.42 Å². The van der Waals surface area contributed by atoms with E-state index in [1.807, 2.05) is 0 Å². The highest BCUT2D eigenvalue weighted by Gasteiger charge is 2.39. The summed E-state index contributed by atoms with van der Waals surface area (Å²) in [6.07, 6.45) is 3.36. The molecule has 1 nitrogen and oxygen atoms in total. The zero-order valence-electron chi connectivity index (χ0n) is 16.8. The Morgan fingerprint density at radius 3 is 2.18 bits per heavy atom. The van der Waals surface area contributed by atoms with E-state index < -0.39 is 0 Å². The van der Waals surface area contributed by atoms with Gasteiger partial charge in [0.15, 0.2) is 0 Å².